The lowest BCUT2D eigenvalue weighted by molar-refractivity contribution is 0.103. The average molecular weight is 529 g/mol. The third kappa shape index (κ3) is 3.59. The van der Waals surface area contributed by atoms with Crippen LogP contribution >= 0.6 is 22.6 Å². The van der Waals surface area contributed by atoms with E-state index in [0.717, 1.165) is 19.3 Å². The number of carbonyl (C=O) groups is 1. The third-order valence-corrected chi connectivity index (χ3v) is 7.15. The number of hydrogen-bond acceptors (Lipinski definition) is 4. The van der Waals surface area contributed by atoms with Crippen molar-refractivity contribution in [3.05, 3.63) is 109 Å². The Morgan fingerprint density at radius 3 is 2.27 bits per heavy atom. The van der Waals surface area contributed by atoms with Crippen molar-refractivity contribution in [2.24, 2.45) is 0 Å². The molecule has 0 unspecified atom stereocenters. The predicted octanol–water partition coefficient (Wildman–Crippen LogP) is 4.38. The lowest BCUT2D eigenvalue weighted by Gasteiger charge is -2.14. The van der Waals surface area contributed by atoms with Gasteiger partial charge in [-0.1, -0.05) is 48.0 Å². The monoisotopic (exact) mass is 529 g/mol. The number of nitrogens with zero attached hydrogens (tertiary/aromatic N) is 1. The van der Waals surface area contributed by atoms with Crippen molar-refractivity contribution in [2.75, 3.05) is 0 Å². The summed E-state index contributed by atoms with van der Waals surface area (Å²) in [7, 11) is -4.03. The Labute approximate surface area is 187 Å². The number of rotatable bonds is 4. The second kappa shape index (κ2) is 7.81. The van der Waals surface area contributed by atoms with Crippen molar-refractivity contribution in [1.29, 1.82) is 0 Å². The summed E-state index contributed by atoms with van der Waals surface area (Å²) in [4.78, 5) is 26.2. The Hall–Kier alpha value is -2.78. The molecule has 4 aromatic rings. The fourth-order valence-electron chi connectivity index (χ4n) is 3.20. The quantitative estimate of drug-likeness (QED) is 0.291. The van der Waals surface area contributed by atoms with Gasteiger partial charge in [-0.05, 0) is 59.8 Å². The minimum absolute atomic E-state index is 0.0784. The van der Waals surface area contributed by atoms with Crippen molar-refractivity contribution < 1.29 is 13.2 Å². The Bertz CT molecular complexity index is 1440. The first-order valence-corrected chi connectivity index (χ1v) is 11.6. The molecule has 1 heterocycles. The minimum Gasteiger partial charge on any atom is -0.288 e. The molecule has 0 aliphatic rings. The summed E-state index contributed by atoms with van der Waals surface area (Å²) < 4.78 is 28.6. The molecule has 4 rings (SSSR count). The Balaban J connectivity index is 2.05. The maximum atomic E-state index is 13.4. The molecule has 150 valence electrons. The molecule has 0 fully saturated rings. The number of pyridine rings is 1. The van der Waals surface area contributed by atoms with Crippen molar-refractivity contribution in [3.8, 4) is 0 Å². The highest BCUT2D eigenvalue weighted by atomic mass is 127. The number of benzene rings is 3. The van der Waals surface area contributed by atoms with E-state index in [1.54, 1.807) is 60.7 Å². The molecule has 7 heteroatoms. The fourth-order valence-corrected chi connectivity index (χ4v) is 5.06. The van der Waals surface area contributed by atoms with E-state index in [0.29, 0.717) is 5.56 Å². The number of carbonyl (C=O) groups excluding carboxylic acids is 1. The van der Waals surface area contributed by atoms with Crippen LogP contribution in [0.25, 0.3) is 10.9 Å². The van der Waals surface area contributed by atoms with E-state index < -0.39 is 21.2 Å². The summed E-state index contributed by atoms with van der Waals surface area (Å²) in [5, 5.41) is 0.180. The molecule has 0 N–H and O–H groups in total. The Kier molecular flexibility index (Phi) is 5.33. The second-order valence-electron chi connectivity index (χ2n) is 6.84. The van der Waals surface area contributed by atoms with Gasteiger partial charge in [0, 0.05) is 20.7 Å². The molecule has 30 heavy (non-hydrogen) atoms. The zero-order valence-corrected chi connectivity index (χ0v) is 18.8. The zero-order chi connectivity index (χ0) is 21.5. The lowest BCUT2D eigenvalue weighted by Crippen LogP contribution is -2.23. The molecule has 0 saturated carbocycles. The van der Waals surface area contributed by atoms with Gasteiger partial charge in [0.2, 0.25) is 5.43 Å². The first-order valence-electron chi connectivity index (χ1n) is 9.06. The van der Waals surface area contributed by atoms with Crippen molar-refractivity contribution in [3.63, 3.8) is 0 Å². The van der Waals surface area contributed by atoms with Crippen LogP contribution in [-0.2, 0) is 10.0 Å². The predicted molar refractivity (Wildman–Crippen MR) is 125 cm³/mol. The molecule has 0 saturated heterocycles. The van der Waals surface area contributed by atoms with Crippen LogP contribution < -0.4 is 5.43 Å². The molecule has 3 aromatic carbocycles. The van der Waals surface area contributed by atoms with E-state index in [-0.39, 0.29) is 21.4 Å². The van der Waals surface area contributed by atoms with Crippen LogP contribution in [0.3, 0.4) is 0 Å². The van der Waals surface area contributed by atoms with Crippen LogP contribution in [0.15, 0.2) is 88.7 Å². The number of aromatic nitrogens is 1. The first kappa shape index (κ1) is 20.5. The smallest absolute Gasteiger partial charge is 0.268 e. The summed E-state index contributed by atoms with van der Waals surface area (Å²) in [5.41, 5.74) is 0.789. The highest BCUT2D eigenvalue weighted by Crippen LogP contribution is 2.23. The SMILES string of the molecule is Cc1ccc(S(=O)(=O)n2cc(C(=O)c3ccccc3)c(=O)c3cc(I)ccc32)cc1. The summed E-state index contributed by atoms with van der Waals surface area (Å²) in [6.45, 7) is 1.86. The normalized spacial score (nSPS) is 11.5. The Morgan fingerprint density at radius 1 is 0.933 bits per heavy atom. The number of hydrogen-bond donors (Lipinski definition) is 0. The van der Waals surface area contributed by atoms with Crippen LogP contribution in [0.1, 0.15) is 21.5 Å². The largest absolute Gasteiger partial charge is 0.288 e. The molecule has 0 atom stereocenters. The number of aryl methyl sites for hydroxylation is 1. The molecule has 0 aliphatic carbocycles. The molecule has 0 aliphatic heterocycles. The van der Waals surface area contributed by atoms with Crippen LogP contribution in [0.2, 0.25) is 0 Å². The third-order valence-electron chi connectivity index (χ3n) is 4.79. The molecule has 0 amide bonds. The van der Waals surface area contributed by atoms with E-state index in [4.69, 9.17) is 0 Å². The van der Waals surface area contributed by atoms with E-state index in [2.05, 4.69) is 22.6 Å². The summed E-state index contributed by atoms with van der Waals surface area (Å²) >= 11 is 2.05. The number of ketones is 1. The van der Waals surface area contributed by atoms with Gasteiger partial charge in [-0.3, -0.25) is 9.59 Å². The summed E-state index contributed by atoms with van der Waals surface area (Å²) in [5.74, 6) is -0.519. The maximum absolute atomic E-state index is 13.4. The lowest BCUT2D eigenvalue weighted by atomic mass is 10.0. The van der Waals surface area contributed by atoms with Crippen LogP contribution in [0.4, 0.5) is 0 Å². The molecule has 0 radical (unpaired) electrons. The highest BCUT2D eigenvalue weighted by molar-refractivity contribution is 14.1. The van der Waals surface area contributed by atoms with Crippen molar-refractivity contribution in [2.45, 2.75) is 11.8 Å². The van der Waals surface area contributed by atoms with Gasteiger partial charge in [0.25, 0.3) is 10.0 Å². The molecular formula is C23H16INO4S. The summed E-state index contributed by atoms with van der Waals surface area (Å²) in [6.07, 6.45) is 1.14. The fraction of sp³-hybridized carbons (Fsp3) is 0.0435. The van der Waals surface area contributed by atoms with Gasteiger partial charge in [0.15, 0.2) is 5.78 Å². The topological polar surface area (TPSA) is 73.2 Å². The van der Waals surface area contributed by atoms with Gasteiger partial charge >= 0.3 is 0 Å². The van der Waals surface area contributed by atoms with Crippen LogP contribution in [0, 0.1) is 10.5 Å². The molecule has 0 spiro atoms. The van der Waals surface area contributed by atoms with Gasteiger partial charge < -0.3 is 0 Å². The van der Waals surface area contributed by atoms with Gasteiger partial charge in [-0.15, -0.1) is 0 Å². The van der Waals surface area contributed by atoms with Crippen molar-refractivity contribution >= 4 is 49.3 Å². The molecular weight excluding hydrogens is 513 g/mol. The average Bonchev–Trinajstić information content (AvgIpc) is 2.74. The molecule has 5 nitrogen and oxygen atoms in total. The van der Waals surface area contributed by atoms with Gasteiger partial charge in [0.1, 0.15) is 0 Å². The van der Waals surface area contributed by atoms with Gasteiger partial charge in [-0.2, -0.15) is 0 Å². The standard InChI is InChI=1S/C23H16INO4S/c1-15-7-10-18(11-8-15)30(28,29)25-14-20(22(26)16-5-3-2-4-6-16)23(27)19-13-17(24)9-12-21(19)25/h2-14H,1H3. The van der Waals surface area contributed by atoms with Crippen molar-refractivity contribution in [1.82, 2.24) is 3.97 Å². The first-order chi connectivity index (χ1) is 14.3. The van der Waals surface area contributed by atoms with Crippen LogP contribution in [0.5, 0.6) is 0 Å². The molecule has 1 aromatic heterocycles. The van der Waals surface area contributed by atoms with E-state index in [9.17, 15) is 18.0 Å². The van der Waals surface area contributed by atoms with E-state index >= 15 is 0 Å². The van der Waals surface area contributed by atoms with Gasteiger partial charge in [-0.25, -0.2) is 12.4 Å². The van der Waals surface area contributed by atoms with E-state index in [1.807, 2.05) is 6.92 Å². The minimum atomic E-state index is -4.03. The maximum Gasteiger partial charge on any atom is 0.268 e. The number of fused-ring (bicyclic) bond motifs is 1. The highest BCUT2D eigenvalue weighted by Gasteiger charge is 2.24. The number of halogens is 1. The summed E-state index contributed by atoms with van der Waals surface area (Å²) in [6, 6.07) is 19.7. The van der Waals surface area contributed by atoms with E-state index in [1.165, 1.54) is 12.1 Å². The molecule has 0 bridgehead atoms. The van der Waals surface area contributed by atoms with Crippen LogP contribution in [-0.4, -0.2) is 18.2 Å². The Morgan fingerprint density at radius 2 is 1.60 bits per heavy atom. The second-order valence-corrected chi connectivity index (χ2v) is 9.90. The van der Waals surface area contributed by atoms with Gasteiger partial charge in [0.05, 0.1) is 16.0 Å². The zero-order valence-electron chi connectivity index (χ0n) is 15.9.